The molecule has 0 heterocycles. The van der Waals surface area contributed by atoms with Crippen molar-refractivity contribution in [3.8, 4) is 0 Å². The minimum Gasteiger partial charge on any atom is -0.448 e. The number of benzene rings is 3. The van der Waals surface area contributed by atoms with Crippen molar-refractivity contribution in [2.24, 2.45) is 0 Å². The number of hydrogen-bond donors (Lipinski definition) is 1. The summed E-state index contributed by atoms with van der Waals surface area (Å²) in [6.07, 6.45) is -1.09. The number of ketones is 1. The highest BCUT2D eigenvalue weighted by Gasteiger charge is 2.26. The van der Waals surface area contributed by atoms with Gasteiger partial charge in [0.05, 0.1) is 0 Å². The first kappa shape index (κ1) is 20.5. The lowest BCUT2D eigenvalue weighted by molar-refractivity contribution is -0.146. The molecule has 0 aliphatic heterocycles. The topological polar surface area (TPSA) is 72.5 Å². The van der Waals surface area contributed by atoms with Crippen molar-refractivity contribution < 1.29 is 19.1 Å². The van der Waals surface area contributed by atoms with Crippen LogP contribution in [0.25, 0.3) is 0 Å². The summed E-state index contributed by atoms with van der Waals surface area (Å²) in [5.74, 6) is -1.43. The molecule has 0 saturated heterocycles. The molecule has 3 aromatic carbocycles. The maximum atomic E-state index is 12.9. The lowest BCUT2D eigenvalue weighted by atomic mass is 10.00. The number of ether oxygens (including phenoxy) is 1. The summed E-state index contributed by atoms with van der Waals surface area (Å²) in [5, 5.41) is 2.51. The molecule has 146 valence electrons. The van der Waals surface area contributed by atoms with Crippen LogP contribution < -0.4 is 5.32 Å². The number of nitrogens with one attached hydrogen (secondary N) is 1. The van der Waals surface area contributed by atoms with E-state index < -0.39 is 18.0 Å². The van der Waals surface area contributed by atoms with Gasteiger partial charge < -0.3 is 10.1 Å². The molecule has 0 aliphatic rings. The van der Waals surface area contributed by atoms with Crippen LogP contribution in [-0.2, 0) is 9.53 Å². The Hall–Kier alpha value is -3.25. The summed E-state index contributed by atoms with van der Waals surface area (Å²) in [4.78, 5) is 37.4. The highest BCUT2D eigenvalue weighted by molar-refractivity contribution is 9.10. The maximum absolute atomic E-state index is 12.9. The SMILES string of the molecule is O=C(CNC(=O)c1ccc(Br)cc1)OC(C(=O)c1ccccc1)c1ccccc1. The van der Waals surface area contributed by atoms with Gasteiger partial charge in [0.2, 0.25) is 5.78 Å². The molecule has 1 atom stereocenters. The lowest BCUT2D eigenvalue weighted by Gasteiger charge is -2.17. The standard InChI is InChI=1S/C23H18BrNO4/c24-19-13-11-18(12-14-19)23(28)25-15-20(26)29-22(17-9-5-2-6-10-17)21(27)16-7-3-1-4-8-16/h1-14,22H,15H2,(H,25,28). The first-order valence-corrected chi connectivity index (χ1v) is 9.71. The Bertz CT molecular complexity index is 988. The third kappa shape index (κ3) is 5.62. The first-order chi connectivity index (χ1) is 14.0. The van der Waals surface area contributed by atoms with E-state index in [2.05, 4.69) is 21.2 Å². The zero-order valence-corrected chi connectivity index (χ0v) is 17.0. The van der Waals surface area contributed by atoms with Gasteiger partial charge in [-0.15, -0.1) is 0 Å². The zero-order chi connectivity index (χ0) is 20.6. The molecular weight excluding hydrogens is 434 g/mol. The summed E-state index contributed by atoms with van der Waals surface area (Å²) in [6, 6.07) is 24.2. The average molecular weight is 452 g/mol. The van der Waals surface area contributed by atoms with E-state index in [1.165, 1.54) is 0 Å². The molecule has 5 nitrogen and oxygen atoms in total. The predicted molar refractivity (Wildman–Crippen MR) is 113 cm³/mol. The van der Waals surface area contributed by atoms with Crippen molar-refractivity contribution in [2.45, 2.75) is 6.10 Å². The highest BCUT2D eigenvalue weighted by atomic mass is 79.9. The van der Waals surface area contributed by atoms with Crippen LogP contribution in [0.2, 0.25) is 0 Å². The lowest BCUT2D eigenvalue weighted by Crippen LogP contribution is -2.32. The van der Waals surface area contributed by atoms with Gasteiger partial charge in [-0.2, -0.15) is 0 Å². The smallest absolute Gasteiger partial charge is 0.326 e. The van der Waals surface area contributed by atoms with E-state index in [-0.39, 0.29) is 12.3 Å². The average Bonchev–Trinajstić information content (AvgIpc) is 2.77. The monoisotopic (exact) mass is 451 g/mol. The molecule has 0 aromatic heterocycles. The van der Waals surface area contributed by atoms with Crippen LogP contribution >= 0.6 is 15.9 Å². The third-order valence-electron chi connectivity index (χ3n) is 4.15. The highest BCUT2D eigenvalue weighted by Crippen LogP contribution is 2.22. The molecule has 0 saturated carbocycles. The van der Waals surface area contributed by atoms with E-state index in [4.69, 9.17) is 4.74 Å². The first-order valence-electron chi connectivity index (χ1n) is 8.92. The van der Waals surface area contributed by atoms with Crippen LogP contribution in [0.15, 0.2) is 89.4 Å². The number of carbonyl (C=O) groups is 3. The largest absolute Gasteiger partial charge is 0.448 e. The van der Waals surface area contributed by atoms with Crippen molar-refractivity contribution in [2.75, 3.05) is 6.54 Å². The van der Waals surface area contributed by atoms with Gasteiger partial charge >= 0.3 is 5.97 Å². The Morgan fingerprint density at radius 3 is 2.00 bits per heavy atom. The summed E-state index contributed by atoms with van der Waals surface area (Å²) in [7, 11) is 0. The Labute approximate surface area is 176 Å². The minimum absolute atomic E-state index is 0.329. The number of amides is 1. The minimum atomic E-state index is -1.09. The van der Waals surface area contributed by atoms with E-state index in [0.717, 1.165) is 4.47 Å². The molecule has 1 N–H and O–H groups in total. The van der Waals surface area contributed by atoms with Crippen molar-refractivity contribution in [3.05, 3.63) is 106 Å². The molecule has 1 unspecified atom stereocenters. The number of halogens is 1. The fourth-order valence-electron chi connectivity index (χ4n) is 2.68. The third-order valence-corrected chi connectivity index (χ3v) is 4.68. The number of Topliss-reactive ketones (excluding diaryl/α,β-unsaturated/α-hetero) is 1. The van der Waals surface area contributed by atoms with Crippen molar-refractivity contribution in [1.29, 1.82) is 0 Å². The Kier molecular flexibility index (Phi) is 6.92. The number of hydrogen-bond acceptors (Lipinski definition) is 4. The van der Waals surface area contributed by atoms with Crippen LogP contribution in [0.4, 0.5) is 0 Å². The second-order valence-corrected chi connectivity index (χ2v) is 7.12. The van der Waals surface area contributed by atoms with Gasteiger partial charge in [-0.1, -0.05) is 76.6 Å². The zero-order valence-electron chi connectivity index (χ0n) is 15.4. The van der Waals surface area contributed by atoms with Gasteiger partial charge in [0, 0.05) is 21.2 Å². The van der Waals surface area contributed by atoms with Crippen molar-refractivity contribution >= 4 is 33.6 Å². The Morgan fingerprint density at radius 2 is 1.38 bits per heavy atom. The molecule has 0 radical (unpaired) electrons. The number of esters is 1. The summed E-state index contributed by atoms with van der Waals surface area (Å²) < 4.78 is 6.29. The predicted octanol–water partition coefficient (Wildman–Crippen LogP) is 4.35. The fourth-order valence-corrected chi connectivity index (χ4v) is 2.95. The summed E-state index contributed by atoms with van der Waals surface area (Å²) in [6.45, 7) is -0.347. The molecule has 0 fully saturated rings. The number of carbonyl (C=O) groups excluding carboxylic acids is 3. The van der Waals surface area contributed by atoms with E-state index in [1.807, 2.05) is 6.07 Å². The van der Waals surface area contributed by atoms with Gasteiger partial charge in [0.15, 0.2) is 6.10 Å². The van der Waals surface area contributed by atoms with Gasteiger partial charge in [0.1, 0.15) is 6.54 Å². The molecule has 0 aliphatic carbocycles. The van der Waals surface area contributed by atoms with Crippen LogP contribution in [0, 0.1) is 0 Å². The fraction of sp³-hybridized carbons (Fsp3) is 0.0870. The molecule has 3 rings (SSSR count). The Morgan fingerprint density at radius 1 is 0.793 bits per heavy atom. The van der Waals surface area contributed by atoms with Crippen LogP contribution in [-0.4, -0.2) is 24.2 Å². The van der Waals surface area contributed by atoms with Crippen molar-refractivity contribution in [3.63, 3.8) is 0 Å². The molecule has 1 amide bonds. The van der Waals surface area contributed by atoms with Crippen LogP contribution in [0.3, 0.4) is 0 Å². The molecule has 6 heteroatoms. The maximum Gasteiger partial charge on any atom is 0.326 e. The normalized spacial score (nSPS) is 11.3. The number of rotatable bonds is 7. The van der Waals surface area contributed by atoms with E-state index in [9.17, 15) is 14.4 Å². The van der Waals surface area contributed by atoms with E-state index in [0.29, 0.717) is 16.7 Å². The summed E-state index contributed by atoms with van der Waals surface area (Å²) in [5.41, 5.74) is 1.42. The van der Waals surface area contributed by atoms with E-state index >= 15 is 0 Å². The van der Waals surface area contributed by atoms with Crippen LogP contribution in [0.5, 0.6) is 0 Å². The second kappa shape index (κ2) is 9.80. The van der Waals surface area contributed by atoms with Crippen LogP contribution in [0.1, 0.15) is 32.4 Å². The van der Waals surface area contributed by atoms with Gasteiger partial charge in [-0.25, -0.2) is 0 Å². The molecule has 3 aromatic rings. The van der Waals surface area contributed by atoms with Gasteiger partial charge in [-0.3, -0.25) is 14.4 Å². The second-order valence-electron chi connectivity index (χ2n) is 6.20. The quantitative estimate of drug-likeness (QED) is 0.428. The molecular formula is C23H18BrNO4. The summed E-state index contributed by atoms with van der Waals surface area (Å²) >= 11 is 3.30. The molecule has 29 heavy (non-hydrogen) atoms. The molecule has 0 spiro atoms. The Balaban J connectivity index is 1.69. The van der Waals surface area contributed by atoms with Crippen molar-refractivity contribution in [1.82, 2.24) is 5.32 Å². The van der Waals surface area contributed by atoms with Gasteiger partial charge in [0.25, 0.3) is 5.91 Å². The van der Waals surface area contributed by atoms with E-state index in [1.54, 1.807) is 78.9 Å². The van der Waals surface area contributed by atoms with Gasteiger partial charge in [-0.05, 0) is 24.3 Å². The molecule has 0 bridgehead atoms.